The van der Waals surface area contributed by atoms with Crippen LogP contribution >= 0.6 is 0 Å². The van der Waals surface area contributed by atoms with Crippen LogP contribution in [-0.2, 0) is 7.05 Å². The molecule has 2 aromatic heterocycles. The third-order valence-electron chi connectivity index (χ3n) is 4.68. The van der Waals surface area contributed by atoms with E-state index >= 15 is 0 Å². The van der Waals surface area contributed by atoms with Gasteiger partial charge in [0.15, 0.2) is 11.9 Å². The molecule has 0 N–H and O–H groups in total. The van der Waals surface area contributed by atoms with Gasteiger partial charge in [-0.25, -0.2) is 9.41 Å². The summed E-state index contributed by atoms with van der Waals surface area (Å²) in [6.45, 7) is 9.14. The Morgan fingerprint density at radius 3 is 2.64 bits per heavy atom. The molecular formula is C22H19N2O+. The normalized spacial score (nSPS) is 13.4. The smallest absolute Gasteiger partial charge is 0.216 e. The first-order chi connectivity index (χ1) is 13.2. The Morgan fingerprint density at radius 1 is 1.08 bits per heavy atom. The van der Waals surface area contributed by atoms with Gasteiger partial charge in [0, 0.05) is 26.5 Å². The minimum atomic E-state index is -2.15. The Hall–Kier alpha value is -3.12. The second-order valence-corrected chi connectivity index (χ2v) is 6.40. The van der Waals surface area contributed by atoms with Gasteiger partial charge in [-0.2, -0.15) is 0 Å². The van der Waals surface area contributed by atoms with E-state index in [9.17, 15) is 0 Å². The van der Waals surface area contributed by atoms with E-state index in [1.54, 1.807) is 12.3 Å². The number of furan rings is 1. The lowest BCUT2D eigenvalue weighted by molar-refractivity contribution is -0.660. The summed E-state index contributed by atoms with van der Waals surface area (Å²) in [6.07, 6.45) is 1.64. The predicted octanol–water partition coefficient (Wildman–Crippen LogP) is 5.55. The van der Waals surface area contributed by atoms with Gasteiger partial charge in [0.1, 0.15) is 18.2 Å². The molecule has 0 radical (unpaired) electrons. The van der Waals surface area contributed by atoms with E-state index in [-0.39, 0.29) is 0 Å². The average molecular weight is 330 g/mol. The van der Waals surface area contributed by atoms with Gasteiger partial charge in [0.2, 0.25) is 5.69 Å². The maximum absolute atomic E-state index is 7.63. The molecule has 2 heterocycles. The van der Waals surface area contributed by atoms with Crippen molar-refractivity contribution in [3.63, 3.8) is 0 Å². The Balaban J connectivity index is 2.04. The highest BCUT2D eigenvalue weighted by Crippen LogP contribution is 2.39. The van der Waals surface area contributed by atoms with Crippen molar-refractivity contribution in [1.29, 1.82) is 0 Å². The van der Waals surface area contributed by atoms with Crippen LogP contribution in [0.3, 0.4) is 0 Å². The van der Waals surface area contributed by atoms with Crippen LogP contribution < -0.4 is 4.57 Å². The Kier molecular flexibility index (Phi) is 2.68. The summed E-state index contributed by atoms with van der Waals surface area (Å²) < 4.78 is 30.9. The first-order valence-corrected chi connectivity index (χ1v) is 8.05. The number of aryl methyl sites for hydroxylation is 4. The first kappa shape index (κ1) is 12.3. The molecule has 25 heavy (non-hydrogen) atoms. The van der Waals surface area contributed by atoms with E-state index in [1.807, 2.05) is 55.8 Å². The molecule has 0 aliphatic heterocycles. The number of rotatable bonds is 1. The zero-order valence-electron chi connectivity index (χ0n) is 17.3. The largest absolute Gasteiger partial charge is 0.455 e. The van der Waals surface area contributed by atoms with E-state index in [2.05, 4.69) is 4.85 Å². The summed E-state index contributed by atoms with van der Waals surface area (Å²) in [4.78, 5) is 3.60. The van der Waals surface area contributed by atoms with Crippen molar-refractivity contribution in [1.82, 2.24) is 0 Å². The molecule has 0 aliphatic carbocycles. The van der Waals surface area contributed by atoms with Crippen LogP contribution in [0.1, 0.15) is 20.8 Å². The molecule has 0 spiro atoms. The molecule has 2 aromatic carbocycles. The van der Waals surface area contributed by atoms with Crippen LogP contribution in [0.25, 0.3) is 38.0 Å². The van der Waals surface area contributed by atoms with Gasteiger partial charge in [0.05, 0.1) is 12.1 Å². The molecule has 0 unspecified atom stereocenters. The van der Waals surface area contributed by atoms with Crippen molar-refractivity contribution in [3.8, 4) is 11.3 Å². The highest BCUT2D eigenvalue weighted by atomic mass is 16.3. The summed E-state index contributed by atoms with van der Waals surface area (Å²) in [5, 5.41) is 1.86. The molecule has 122 valence electrons. The average Bonchev–Trinajstić information content (AvgIpc) is 2.97. The van der Waals surface area contributed by atoms with Gasteiger partial charge in [-0.1, -0.05) is 12.1 Å². The van der Waals surface area contributed by atoms with Crippen molar-refractivity contribution >= 4 is 27.6 Å². The molecule has 0 fully saturated rings. The van der Waals surface area contributed by atoms with Crippen LogP contribution in [0.15, 0.2) is 47.0 Å². The topological polar surface area (TPSA) is 21.4 Å². The molecule has 0 saturated heterocycles. The van der Waals surface area contributed by atoms with Crippen LogP contribution in [0.2, 0.25) is 0 Å². The van der Waals surface area contributed by atoms with Crippen LogP contribution in [-0.4, -0.2) is 0 Å². The maximum Gasteiger partial charge on any atom is 0.216 e. The molecular weight excluding hydrogens is 308 g/mol. The zero-order chi connectivity index (χ0) is 20.2. The van der Waals surface area contributed by atoms with Crippen LogP contribution in [0.5, 0.6) is 0 Å². The minimum Gasteiger partial charge on any atom is -0.455 e. The number of benzene rings is 2. The van der Waals surface area contributed by atoms with Crippen molar-refractivity contribution in [2.75, 3.05) is 0 Å². The van der Waals surface area contributed by atoms with E-state index in [1.165, 1.54) is 0 Å². The summed E-state index contributed by atoms with van der Waals surface area (Å²) in [7, 11) is 1.84. The fraction of sp³-hybridized carbons (Fsp3) is 0.182. The van der Waals surface area contributed by atoms with Crippen LogP contribution in [0, 0.1) is 27.3 Å². The van der Waals surface area contributed by atoms with E-state index in [0.717, 1.165) is 44.3 Å². The van der Waals surface area contributed by atoms with Gasteiger partial charge >= 0.3 is 0 Å². The summed E-state index contributed by atoms with van der Waals surface area (Å²) >= 11 is 0. The number of hydrogen-bond donors (Lipinski definition) is 0. The molecule has 0 atom stereocenters. The van der Waals surface area contributed by atoms with Gasteiger partial charge in [-0.05, 0) is 50.0 Å². The zero-order valence-corrected chi connectivity index (χ0v) is 14.3. The lowest BCUT2D eigenvalue weighted by atomic mass is 10.00. The Bertz CT molecular complexity index is 1290. The van der Waals surface area contributed by atoms with Gasteiger partial charge < -0.3 is 4.42 Å². The van der Waals surface area contributed by atoms with Crippen molar-refractivity contribution in [3.05, 3.63) is 70.7 Å². The third kappa shape index (κ3) is 2.30. The van der Waals surface area contributed by atoms with Gasteiger partial charge in [-0.3, -0.25) is 0 Å². The molecule has 0 saturated carbocycles. The molecule has 4 aromatic rings. The highest BCUT2D eigenvalue weighted by molar-refractivity contribution is 6.10. The summed E-state index contributed by atoms with van der Waals surface area (Å²) in [5.41, 5.74) is 6.11. The fourth-order valence-electron chi connectivity index (χ4n) is 3.38. The molecule has 3 nitrogen and oxygen atoms in total. The lowest BCUT2D eigenvalue weighted by Gasteiger charge is -2.05. The summed E-state index contributed by atoms with van der Waals surface area (Å²) in [5.74, 6) is 0. The Labute approximate surface area is 151 Å². The van der Waals surface area contributed by atoms with Gasteiger partial charge in [-0.15, -0.1) is 0 Å². The predicted molar refractivity (Wildman–Crippen MR) is 101 cm³/mol. The number of fused-ring (bicyclic) bond motifs is 3. The number of hydrogen-bond acceptors (Lipinski definition) is 1. The maximum atomic E-state index is 7.63. The van der Waals surface area contributed by atoms with E-state index < -0.39 is 6.85 Å². The lowest BCUT2D eigenvalue weighted by Crippen LogP contribution is -2.31. The van der Waals surface area contributed by atoms with E-state index in [4.69, 9.17) is 15.1 Å². The standard InChI is InChI=1S/C22H19N2O/c1-13-6-9-19(24(5)12-13)21-14(2)7-8-16-17-11-18(23-4)15(3)10-20(17)25-22(16)21/h6-12H,1-3,5H3/q+1/i1D3. The molecule has 0 bridgehead atoms. The second kappa shape index (κ2) is 5.46. The fourth-order valence-corrected chi connectivity index (χ4v) is 3.38. The van der Waals surface area contributed by atoms with Gasteiger partial charge in [0.25, 0.3) is 0 Å². The minimum absolute atomic E-state index is 0.297. The summed E-state index contributed by atoms with van der Waals surface area (Å²) in [6, 6.07) is 11.3. The second-order valence-electron chi connectivity index (χ2n) is 6.40. The van der Waals surface area contributed by atoms with Crippen molar-refractivity contribution < 1.29 is 13.1 Å². The monoisotopic (exact) mass is 330 g/mol. The van der Waals surface area contributed by atoms with Crippen molar-refractivity contribution in [2.45, 2.75) is 20.7 Å². The molecule has 4 rings (SSSR count). The third-order valence-corrected chi connectivity index (χ3v) is 4.68. The Morgan fingerprint density at radius 2 is 1.92 bits per heavy atom. The molecule has 3 heteroatoms. The molecule has 0 amide bonds. The quantitative estimate of drug-likeness (QED) is 0.331. The van der Waals surface area contributed by atoms with Crippen molar-refractivity contribution in [2.24, 2.45) is 7.05 Å². The number of pyridine rings is 1. The molecule has 0 aliphatic rings. The highest BCUT2D eigenvalue weighted by Gasteiger charge is 2.20. The number of aromatic nitrogens is 1. The first-order valence-electron chi connectivity index (χ1n) is 9.55. The van der Waals surface area contributed by atoms with Crippen LogP contribution in [0.4, 0.5) is 5.69 Å². The SMILES string of the molecule is [2H]C([2H])([2H])c1ccc(-c2c(C)ccc3c2oc2cc(C)c([N+]#[C-])cc23)[n+](C)c1. The number of nitrogens with zero attached hydrogens (tertiary/aromatic N) is 2. The van der Waals surface area contributed by atoms with E-state index in [0.29, 0.717) is 11.3 Å².